The maximum atomic E-state index is 12.2. The first-order chi connectivity index (χ1) is 11.1. The number of amides is 1. The molecule has 3 rings (SSSR count). The lowest BCUT2D eigenvalue weighted by molar-refractivity contribution is 0.0942. The van der Waals surface area contributed by atoms with Crippen molar-refractivity contribution in [1.82, 2.24) is 20.3 Å². The maximum absolute atomic E-state index is 12.2. The number of benzene rings is 1. The average Bonchev–Trinajstić information content (AvgIpc) is 3.17. The second-order valence-corrected chi connectivity index (χ2v) is 5.54. The minimum absolute atomic E-state index is 0.272. The number of aromatic nitrogens is 3. The summed E-state index contributed by atoms with van der Waals surface area (Å²) < 4.78 is 6.77. The Kier molecular flexibility index (Phi) is 4.16. The first-order valence-corrected chi connectivity index (χ1v) is 7.43. The molecule has 23 heavy (non-hydrogen) atoms. The summed E-state index contributed by atoms with van der Waals surface area (Å²) >= 11 is 6.14. The van der Waals surface area contributed by atoms with Crippen LogP contribution in [0.3, 0.4) is 0 Å². The highest BCUT2D eigenvalue weighted by atomic mass is 35.5. The maximum Gasteiger partial charge on any atom is 0.274 e. The molecule has 6 nitrogen and oxygen atoms in total. The van der Waals surface area contributed by atoms with Crippen LogP contribution in [0.2, 0.25) is 5.02 Å². The van der Waals surface area contributed by atoms with Gasteiger partial charge in [-0.3, -0.25) is 4.79 Å². The van der Waals surface area contributed by atoms with Gasteiger partial charge in [0.25, 0.3) is 5.91 Å². The molecule has 1 amide bonds. The summed E-state index contributed by atoms with van der Waals surface area (Å²) in [5.74, 6) is 0.372. The first kappa shape index (κ1) is 15.3. The number of hydrogen-bond donors (Lipinski definition) is 1. The van der Waals surface area contributed by atoms with Crippen molar-refractivity contribution >= 4 is 17.5 Å². The smallest absolute Gasteiger partial charge is 0.274 e. The third-order valence-corrected chi connectivity index (χ3v) is 3.92. The normalized spacial score (nSPS) is 10.7. The molecule has 2 heterocycles. The van der Waals surface area contributed by atoms with E-state index in [0.717, 1.165) is 11.3 Å². The summed E-state index contributed by atoms with van der Waals surface area (Å²) in [6.45, 7) is 4.01. The van der Waals surface area contributed by atoms with Crippen LogP contribution in [0.4, 0.5) is 0 Å². The molecule has 1 aromatic carbocycles. The predicted octanol–water partition coefficient (Wildman–Crippen LogP) is 3.06. The number of halogens is 1. The van der Waals surface area contributed by atoms with Crippen LogP contribution in [-0.2, 0) is 6.54 Å². The van der Waals surface area contributed by atoms with Crippen molar-refractivity contribution in [3.8, 4) is 5.69 Å². The fourth-order valence-electron chi connectivity index (χ4n) is 2.16. The van der Waals surface area contributed by atoms with Crippen molar-refractivity contribution in [3.05, 3.63) is 64.3 Å². The molecule has 7 heteroatoms. The third-order valence-electron chi connectivity index (χ3n) is 3.51. The molecule has 0 saturated heterocycles. The van der Waals surface area contributed by atoms with Gasteiger partial charge in [-0.2, -0.15) is 0 Å². The highest BCUT2D eigenvalue weighted by Crippen LogP contribution is 2.20. The molecule has 0 unspecified atom stereocenters. The van der Waals surface area contributed by atoms with E-state index in [-0.39, 0.29) is 11.6 Å². The zero-order valence-corrected chi connectivity index (χ0v) is 13.5. The van der Waals surface area contributed by atoms with E-state index in [1.807, 2.05) is 19.1 Å². The number of carbonyl (C=O) groups excluding carboxylic acids is 1. The van der Waals surface area contributed by atoms with Gasteiger partial charge in [0.15, 0.2) is 5.69 Å². The van der Waals surface area contributed by atoms with Crippen LogP contribution in [0.15, 0.2) is 41.0 Å². The Hall–Kier alpha value is -2.60. The summed E-state index contributed by atoms with van der Waals surface area (Å²) in [5, 5.41) is 11.4. The van der Waals surface area contributed by atoms with Gasteiger partial charge in [0.1, 0.15) is 5.76 Å². The molecule has 0 fully saturated rings. The Labute approximate surface area is 138 Å². The number of carbonyl (C=O) groups is 1. The van der Waals surface area contributed by atoms with E-state index in [2.05, 4.69) is 15.6 Å². The summed E-state index contributed by atoms with van der Waals surface area (Å²) in [7, 11) is 0. The van der Waals surface area contributed by atoms with Gasteiger partial charge in [0.05, 0.1) is 24.2 Å². The minimum Gasteiger partial charge on any atom is -0.467 e. The first-order valence-electron chi connectivity index (χ1n) is 7.05. The predicted molar refractivity (Wildman–Crippen MR) is 85.7 cm³/mol. The lowest BCUT2D eigenvalue weighted by Gasteiger charge is -2.06. The molecule has 0 aliphatic carbocycles. The second-order valence-electron chi connectivity index (χ2n) is 5.13. The molecule has 3 aromatic rings. The average molecular weight is 331 g/mol. The van der Waals surface area contributed by atoms with Crippen LogP contribution in [0, 0.1) is 13.8 Å². The van der Waals surface area contributed by atoms with Gasteiger partial charge in [0.2, 0.25) is 0 Å². The lowest BCUT2D eigenvalue weighted by Crippen LogP contribution is -2.23. The minimum atomic E-state index is -0.302. The molecule has 2 aromatic heterocycles. The largest absolute Gasteiger partial charge is 0.467 e. The lowest BCUT2D eigenvalue weighted by atomic mass is 10.2. The number of nitrogens with zero attached hydrogens (tertiary/aromatic N) is 3. The Morgan fingerprint density at radius 2 is 2.17 bits per heavy atom. The van der Waals surface area contributed by atoms with E-state index < -0.39 is 0 Å². The summed E-state index contributed by atoms with van der Waals surface area (Å²) in [4.78, 5) is 12.2. The van der Waals surface area contributed by atoms with Crippen molar-refractivity contribution in [3.63, 3.8) is 0 Å². The highest BCUT2D eigenvalue weighted by Gasteiger charge is 2.17. The number of furan rings is 1. The van der Waals surface area contributed by atoms with Crippen LogP contribution in [0.1, 0.15) is 27.5 Å². The highest BCUT2D eigenvalue weighted by molar-refractivity contribution is 6.31. The second kappa shape index (κ2) is 6.26. The number of nitrogens with one attached hydrogen (secondary N) is 1. The Bertz CT molecular complexity index is 840. The Balaban J connectivity index is 1.80. The molecule has 0 aliphatic heterocycles. The zero-order valence-electron chi connectivity index (χ0n) is 12.7. The van der Waals surface area contributed by atoms with Gasteiger partial charge in [-0.05, 0) is 43.7 Å². The van der Waals surface area contributed by atoms with E-state index in [4.69, 9.17) is 16.0 Å². The molecule has 0 radical (unpaired) electrons. The molecule has 0 atom stereocenters. The molecule has 0 spiro atoms. The van der Waals surface area contributed by atoms with Crippen molar-refractivity contribution in [2.75, 3.05) is 0 Å². The van der Waals surface area contributed by atoms with Crippen LogP contribution < -0.4 is 5.32 Å². The Morgan fingerprint density at radius 3 is 2.87 bits per heavy atom. The molecule has 118 valence electrons. The van der Waals surface area contributed by atoms with Gasteiger partial charge >= 0.3 is 0 Å². The van der Waals surface area contributed by atoms with E-state index >= 15 is 0 Å². The van der Waals surface area contributed by atoms with E-state index in [1.54, 1.807) is 36.1 Å². The van der Waals surface area contributed by atoms with Crippen LogP contribution in [-0.4, -0.2) is 20.9 Å². The van der Waals surface area contributed by atoms with Gasteiger partial charge in [-0.25, -0.2) is 4.68 Å². The molecule has 0 bridgehead atoms. The fraction of sp³-hybridized carbons (Fsp3) is 0.188. The van der Waals surface area contributed by atoms with E-state index in [0.29, 0.717) is 23.0 Å². The molecular weight excluding hydrogens is 316 g/mol. The fourth-order valence-corrected chi connectivity index (χ4v) is 2.34. The summed E-state index contributed by atoms with van der Waals surface area (Å²) in [6.07, 6.45) is 1.56. The van der Waals surface area contributed by atoms with Crippen molar-refractivity contribution in [2.45, 2.75) is 20.4 Å². The molecule has 0 aliphatic rings. The van der Waals surface area contributed by atoms with Gasteiger partial charge in [-0.15, -0.1) is 5.10 Å². The molecule has 1 N–H and O–H groups in total. The van der Waals surface area contributed by atoms with Gasteiger partial charge in [0, 0.05) is 5.02 Å². The van der Waals surface area contributed by atoms with Crippen LogP contribution in [0.5, 0.6) is 0 Å². The Morgan fingerprint density at radius 1 is 1.35 bits per heavy atom. The van der Waals surface area contributed by atoms with Gasteiger partial charge < -0.3 is 9.73 Å². The zero-order chi connectivity index (χ0) is 16.4. The number of rotatable bonds is 4. The van der Waals surface area contributed by atoms with Crippen LogP contribution in [0.25, 0.3) is 5.69 Å². The SMILES string of the molecule is Cc1ccc(-n2nnc(C(=O)NCc3ccco3)c2C)cc1Cl. The monoisotopic (exact) mass is 330 g/mol. The number of hydrogen-bond acceptors (Lipinski definition) is 4. The number of aryl methyl sites for hydroxylation is 1. The molecular formula is C16H15ClN4O2. The quantitative estimate of drug-likeness (QED) is 0.798. The summed E-state index contributed by atoms with van der Waals surface area (Å²) in [5.41, 5.74) is 2.65. The van der Waals surface area contributed by atoms with Crippen molar-refractivity contribution < 1.29 is 9.21 Å². The topological polar surface area (TPSA) is 73.0 Å². The van der Waals surface area contributed by atoms with Crippen LogP contribution >= 0.6 is 11.6 Å². The molecule has 0 saturated carbocycles. The standard InChI is InChI=1S/C16H15ClN4O2/c1-10-5-6-12(8-14(10)17)21-11(2)15(19-20-21)16(22)18-9-13-4-3-7-23-13/h3-8H,9H2,1-2H3,(H,18,22). The van der Waals surface area contributed by atoms with E-state index in [9.17, 15) is 4.79 Å². The van der Waals surface area contributed by atoms with Crippen molar-refractivity contribution in [1.29, 1.82) is 0 Å². The van der Waals surface area contributed by atoms with Crippen molar-refractivity contribution in [2.24, 2.45) is 0 Å². The third kappa shape index (κ3) is 3.12. The van der Waals surface area contributed by atoms with Gasteiger partial charge in [-0.1, -0.05) is 22.9 Å². The van der Waals surface area contributed by atoms with E-state index in [1.165, 1.54) is 0 Å². The summed E-state index contributed by atoms with van der Waals surface area (Å²) in [6, 6.07) is 9.13.